The minimum Gasteiger partial charge on any atom is -0.264 e. The zero-order valence-electron chi connectivity index (χ0n) is 7.45. The van der Waals surface area contributed by atoms with Crippen LogP contribution in [-0.4, -0.2) is 18.4 Å². The van der Waals surface area contributed by atoms with E-state index in [0.29, 0.717) is 0 Å². The summed E-state index contributed by atoms with van der Waals surface area (Å²) in [4.78, 5) is 0. The van der Waals surface area contributed by atoms with Crippen molar-refractivity contribution < 1.29 is 0 Å². The maximum absolute atomic E-state index is 3.59. The van der Waals surface area contributed by atoms with Crippen molar-refractivity contribution in [1.82, 2.24) is 3.59 Å². The summed E-state index contributed by atoms with van der Waals surface area (Å²) in [5.41, 5.74) is 0. The number of halogens is 1. The average Bonchev–Trinajstić information content (AvgIpc) is 1.86. The Morgan fingerprint density at radius 3 is 2.10 bits per heavy atom. The van der Waals surface area contributed by atoms with Crippen molar-refractivity contribution in [3.8, 4) is 0 Å². The second kappa shape index (κ2) is 4.52. The molecule has 0 saturated carbocycles. The van der Waals surface area contributed by atoms with E-state index >= 15 is 0 Å². The monoisotopic (exact) mass is 223 g/mol. The van der Waals surface area contributed by atoms with Gasteiger partial charge in [-0.2, -0.15) is 0 Å². The Morgan fingerprint density at radius 1 is 1.30 bits per heavy atom. The molecule has 0 aliphatic heterocycles. The third-order valence-electron chi connectivity index (χ3n) is 1.80. The molecule has 0 aliphatic rings. The maximum Gasteiger partial charge on any atom is 0.134 e. The van der Waals surface area contributed by atoms with Crippen molar-refractivity contribution in [2.75, 3.05) is 6.54 Å². The van der Waals surface area contributed by atoms with Crippen LogP contribution in [0.2, 0.25) is 19.1 Å². The van der Waals surface area contributed by atoms with E-state index in [1.807, 2.05) is 0 Å². The van der Waals surface area contributed by atoms with E-state index in [1.54, 1.807) is 0 Å². The molecule has 1 nitrogen and oxygen atoms in total. The molecule has 0 amide bonds. The van der Waals surface area contributed by atoms with Crippen LogP contribution in [0.3, 0.4) is 0 Å². The van der Waals surface area contributed by atoms with Crippen molar-refractivity contribution in [2.24, 2.45) is 0 Å². The molecule has 0 aromatic carbocycles. The average molecular weight is 224 g/mol. The molecular weight excluding hydrogens is 206 g/mol. The van der Waals surface area contributed by atoms with E-state index in [4.69, 9.17) is 0 Å². The summed E-state index contributed by atoms with van der Waals surface area (Å²) in [5.74, 6) is 0. The van der Waals surface area contributed by atoms with E-state index in [0.717, 1.165) is 6.54 Å². The highest BCUT2D eigenvalue weighted by Crippen LogP contribution is 2.19. The van der Waals surface area contributed by atoms with Crippen LogP contribution in [0.25, 0.3) is 0 Å². The molecule has 0 fully saturated rings. The van der Waals surface area contributed by atoms with Crippen molar-refractivity contribution >= 4 is 24.4 Å². The van der Waals surface area contributed by atoms with Gasteiger partial charge in [-0.3, -0.25) is 3.59 Å². The SMILES string of the molecule is CCC[Si](C)(C)N(Br)CC. The minimum atomic E-state index is -1.06. The quantitative estimate of drug-likeness (QED) is 0.523. The van der Waals surface area contributed by atoms with E-state index in [9.17, 15) is 0 Å². The Bertz CT molecular complexity index is 95.6. The molecule has 0 aromatic heterocycles. The van der Waals surface area contributed by atoms with Crippen LogP contribution < -0.4 is 0 Å². The topological polar surface area (TPSA) is 3.24 Å². The van der Waals surface area contributed by atoms with E-state index in [2.05, 4.69) is 46.7 Å². The zero-order chi connectivity index (χ0) is 8.20. The van der Waals surface area contributed by atoms with Crippen LogP contribution in [0.4, 0.5) is 0 Å². The lowest BCUT2D eigenvalue weighted by molar-refractivity contribution is 0.721. The Hall–Kier alpha value is 0.657. The third-order valence-corrected chi connectivity index (χ3v) is 8.53. The van der Waals surface area contributed by atoms with Crippen LogP contribution in [-0.2, 0) is 0 Å². The second-order valence-corrected chi connectivity index (χ2v) is 9.42. The van der Waals surface area contributed by atoms with Gasteiger partial charge in [0.15, 0.2) is 0 Å². The van der Waals surface area contributed by atoms with E-state index in [1.165, 1.54) is 12.5 Å². The predicted molar refractivity (Wildman–Crippen MR) is 53.9 cm³/mol. The van der Waals surface area contributed by atoms with Crippen LogP contribution in [0.1, 0.15) is 20.3 Å². The lowest BCUT2D eigenvalue weighted by Crippen LogP contribution is -2.41. The van der Waals surface area contributed by atoms with E-state index < -0.39 is 8.24 Å². The van der Waals surface area contributed by atoms with Crippen molar-refractivity contribution in [2.45, 2.75) is 39.4 Å². The molecule has 0 aromatic rings. The Morgan fingerprint density at radius 2 is 1.80 bits per heavy atom. The molecular formula is C7H18BrNSi. The van der Waals surface area contributed by atoms with Gasteiger partial charge < -0.3 is 0 Å². The first-order chi connectivity index (χ1) is 4.54. The molecule has 0 spiro atoms. The van der Waals surface area contributed by atoms with Crippen molar-refractivity contribution in [3.05, 3.63) is 0 Å². The largest absolute Gasteiger partial charge is 0.264 e. The number of nitrogens with zero attached hydrogens (tertiary/aromatic N) is 1. The van der Waals surface area contributed by atoms with Gasteiger partial charge in [-0.1, -0.05) is 33.4 Å². The molecule has 0 aliphatic carbocycles. The maximum atomic E-state index is 3.59. The van der Waals surface area contributed by atoms with Gasteiger partial charge in [-0.15, -0.1) is 0 Å². The van der Waals surface area contributed by atoms with Gasteiger partial charge in [0.25, 0.3) is 0 Å². The van der Waals surface area contributed by atoms with Gasteiger partial charge >= 0.3 is 0 Å². The Balaban J connectivity index is 3.82. The van der Waals surface area contributed by atoms with Gasteiger partial charge in [0.05, 0.1) is 0 Å². The number of hydrogen-bond acceptors (Lipinski definition) is 1. The van der Waals surface area contributed by atoms with Gasteiger partial charge in [0, 0.05) is 16.1 Å². The first-order valence-electron chi connectivity index (χ1n) is 3.98. The normalized spacial score (nSPS) is 12.6. The highest BCUT2D eigenvalue weighted by Gasteiger charge is 2.25. The first kappa shape index (κ1) is 10.7. The van der Waals surface area contributed by atoms with Gasteiger partial charge in [-0.25, -0.2) is 0 Å². The summed E-state index contributed by atoms with van der Waals surface area (Å²) in [7, 11) is -1.06. The van der Waals surface area contributed by atoms with Gasteiger partial charge in [0.2, 0.25) is 0 Å². The summed E-state index contributed by atoms with van der Waals surface area (Å²) < 4.78 is 2.35. The molecule has 0 bridgehead atoms. The standard InChI is InChI=1S/C7H18BrNSi/c1-5-7-10(3,4)9(8)6-2/h5-7H2,1-4H3. The van der Waals surface area contributed by atoms with Gasteiger partial charge in [0.1, 0.15) is 8.24 Å². The molecule has 0 N–H and O–H groups in total. The Kier molecular flexibility index (Phi) is 4.81. The fourth-order valence-corrected chi connectivity index (χ4v) is 4.02. The summed E-state index contributed by atoms with van der Waals surface area (Å²) in [6, 6.07) is 1.38. The predicted octanol–water partition coefficient (Wildman–Crippen LogP) is 3.23. The van der Waals surface area contributed by atoms with Crippen LogP contribution in [0.15, 0.2) is 0 Å². The lowest BCUT2D eigenvalue weighted by atomic mass is 10.6. The molecule has 0 radical (unpaired) electrons. The Labute approximate surface area is 74.2 Å². The number of rotatable bonds is 4. The molecule has 0 rings (SSSR count). The van der Waals surface area contributed by atoms with Crippen molar-refractivity contribution in [1.29, 1.82) is 0 Å². The fraction of sp³-hybridized carbons (Fsp3) is 1.00. The van der Waals surface area contributed by atoms with Crippen LogP contribution in [0, 0.1) is 0 Å². The molecule has 3 heteroatoms. The summed E-state index contributed by atoms with van der Waals surface area (Å²) in [6.45, 7) is 10.4. The lowest BCUT2D eigenvalue weighted by Gasteiger charge is -2.29. The van der Waals surface area contributed by atoms with Crippen molar-refractivity contribution in [3.63, 3.8) is 0 Å². The summed E-state index contributed by atoms with van der Waals surface area (Å²) in [5, 5.41) is 0. The summed E-state index contributed by atoms with van der Waals surface area (Å²) in [6.07, 6.45) is 1.31. The minimum absolute atomic E-state index is 1.06. The molecule has 0 saturated heterocycles. The molecule has 0 heterocycles. The second-order valence-electron chi connectivity index (χ2n) is 3.24. The van der Waals surface area contributed by atoms with E-state index in [-0.39, 0.29) is 0 Å². The molecule has 62 valence electrons. The molecule has 0 unspecified atom stereocenters. The van der Waals surface area contributed by atoms with Gasteiger partial charge in [-0.05, 0) is 12.6 Å². The summed E-state index contributed by atoms with van der Waals surface area (Å²) >= 11 is 3.59. The third kappa shape index (κ3) is 3.17. The first-order valence-corrected chi connectivity index (χ1v) is 7.84. The molecule has 10 heavy (non-hydrogen) atoms. The smallest absolute Gasteiger partial charge is 0.134 e. The van der Waals surface area contributed by atoms with Crippen LogP contribution >= 0.6 is 16.1 Å². The number of hydrogen-bond donors (Lipinski definition) is 0. The highest BCUT2D eigenvalue weighted by atomic mass is 79.9. The fourth-order valence-electron chi connectivity index (χ4n) is 1.16. The molecule has 0 atom stereocenters. The zero-order valence-corrected chi connectivity index (χ0v) is 10.0. The highest BCUT2D eigenvalue weighted by molar-refractivity contribution is 9.08. The van der Waals surface area contributed by atoms with Crippen LogP contribution in [0.5, 0.6) is 0 Å².